The summed E-state index contributed by atoms with van der Waals surface area (Å²) in [4.78, 5) is 12.2. The number of carbonyl (C=O) groups is 1. The molecule has 0 spiro atoms. The number of hydrogen-bond donors (Lipinski definition) is 1. The topological polar surface area (TPSA) is 71.3 Å². The van der Waals surface area contributed by atoms with Gasteiger partial charge in [-0.2, -0.15) is 5.26 Å². The molecule has 0 saturated carbocycles. The van der Waals surface area contributed by atoms with Gasteiger partial charge in [-0.25, -0.2) is 8.78 Å². The second kappa shape index (κ2) is 7.42. The molecule has 2 rings (SSSR count). The van der Waals surface area contributed by atoms with Crippen LogP contribution in [0.3, 0.4) is 0 Å². The predicted octanol–water partition coefficient (Wildman–Crippen LogP) is 2.98. The largest absolute Gasteiger partial charge is 0.493 e. The highest BCUT2D eigenvalue weighted by molar-refractivity contribution is 5.94. The Morgan fingerprint density at radius 2 is 1.92 bits per heavy atom. The molecule has 0 aliphatic carbocycles. The summed E-state index contributed by atoms with van der Waals surface area (Å²) in [6, 6.07) is 8.51. The van der Waals surface area contributed by atoms with Crippen molar-refractivity contribution < 1.29 is 23.0 Å². The number of carbonyl (C=O) groups excluding carboxylic acids is 1. The third kappa shape index (κ3) is 3.43. The highest BCUT2D eigenvalue weighted by Crippen LogP contribution is 2.34. The van der Waals surface area contributed by atoms with E-state index >= 15 is 0 Å². The van der Waals surface area contributed by atoms with E-state index in [2.05, 4.69) is 5.32 Å². The SMILES string of the molecule is COc1cccc(C(C#N)NC(=O)c2ccc(F)c(F)c2)c1OC. The number of nitrogens with zero attached hydrogens (tertiary/aromatic N) is 1. The molecular weight excluding hydrogens is 318 g/mol. The number of amides is 1. The molecule has 0 radical (unpaired) electrons. The third-order valence-electron chi connectivity index (χ3n) is 3.33. The van der Waals surface area contributed by atoms with E-state index in [-0.39, 0.29) is 5.56 Å². The van der Waals surface area contributed by atoms with Gasteiger partial charge in [-0.3, -0.25) is 4.79 Å². The van der Waals surface area contributed by atoms with Gasteiger partial charge in [0.2, 0.25) is 0 Å². The van der Waals surface area contributed by atoms with Gasteiger partial charge in [-0.05, 0) is 24.3 Å². The van der Waals surface area contributed by atoms with Crippen LogP contribution in [0.1, 0.15) is 22.0 Å². The van der Waals surface area contributed by atoms with Crippen LogP contribution in [0.5, 0.6) is 11.5 Å². The molecule has 2 aromatic rings. The molecule has 0 fully saturated rings. The van der Waals surface area contributed by atoms with Crippen molar-refractivity contribution in [1.82, 2.24) is 5.32 Å². The summed E-state index contributed by atoms with van der Waals surface area (Å²) in [6.45, 7) is 0. The number of halogens is 2. The van der Waals surface area contributed by atoms with Crippen LogP contribution in [0.4, 0.5) is 8.78 Å². The van der Waals surface area contributed by atoms with Crippen molar-refractivity contribution in [2.75, 3.05) is 14.2 Å². The molecule has 1 N–H and O–H groups in total. The summed E-state index contributed by atoms with van der Waals surface area (Å²) in [5, 5.41) is 11.8. The van der Waals surface area contributed by atoms with Gasteiger partial charge in [0.25, 0.3) is 5.91 Å². The van der Waals surface area contributed by atoms with Crippen LogP contribution in [0.15, 0.2) is 36.4 Å². The maximum Gasteiger partial charge on any atom is 0.252 e. The quantitative estimate of drug-likeness (QED) is 0.914. The van der Waals surface area contributed by atoms with Crippen molar-refractivity contribution in [2.24, 2.45) is 0 Å². The average Bonchev–Trinajstić information content (AvgIpc) is 2.60. The summed E-state index contributed by atoms with van der Waals surface area (Å²) in [6.07, 6.45) is 0. The summed E-state index contributed by atoms with van der Waals surface area (Å²) in [5.74, 6) is -2.22. The predicted molar refractivity (Wildman–Crippen MR) is 81.7 cm³/mol. The molecule has 124 valence electrons. The van der Waals surface area contributed by atoms with Gasteiger partial charge in [0, 0.05) is 11.1 Å². The molecule has 0 aromatic heterocycles. The van der Waals surface area contributed by atoms with Crippen molar-refractivity contribution in [2.45, 2.75) is 6.04 Å². The highest BCUT2D eigenvalue weighted by atomic mass is 19.2. The van der Waals surface area contributed by atoms with Gasteiger partial charge >= 0.3 is 0 Å². The second-order valence-electron chi connectivity index (χ2n) is 4.75. The number of rotatable bonds is 5. The fraction of sp³-hybridized carbons (Fsp3) is 0.176. The molecule has 1 atom stereocenters. The first kappa shape index (κ1) is 17.2. The second-order valence-corrected chi connectivity index (χ2v) is 4.75. The van der Waals surface area contributed by atoms with E-state index in [1.165, 1.54) is 14.2 Å². The van der Waals surface area contributed by atoms with Crippen LogP contribution in [0.25, 0.3) is 0 Å². The van der Waals surface area contributed by atoms with E-state index in [4.69, 9.17) is 9.47 Å². The summed E-state index contributed by atoms with van der Waals surface area (Å²) < 4.78 is 36.6. The zero-order valence-corrected chi connectivity index (χ0v) is 13.0. The van der Waals surface area contributed by atoms with Gasteiger partial charge in [0.05, 0.1) is 20.3 Å². The standard InChI is InChI=1S/C17H14F2N2O3/c1-23-15-5-3-4-11(16(15)24-2)14(9-20)21-17(22)10-6-7-12(18)13(19)8-10/h3-8,14H,1-2H3,(H,21,22). The van der Waals surface area contributed by atoms with E-state index in [1.54, 1.807) is 18.2 Å². The Kier molecular flexibility index (Phi) is 5.32. The van der Waals surface area contributed by atoms with E-state index in [0.717, 1.165) is 18.2 Å². The Labute approximate surface area is 137 Å². The van der Waals surface area contributed by atoms with Crippen molar-refractivity contribution in [3.05, 3.63) is 59.2 Å². The Balaban J connectivity index is 2.31. The Morgan fingerprint density at radius 1 is 1.17 bits per heavy atom. The van der Waals surface area contributed by atoms with Gasteiger partial charge in [0.1, 0.15) is 6.04 Å². The first-order chi connectivity index (χ1) is 11.5. The molecule has 0 aliphatic rings. The van der Waals surface area contributed by atoms with E-state index in [9.17, 15) is 18.8 Å². The van der Waals surface area contributed by atoms with Crippen molar-refractivity contribution in [3.8, 4) is 17.6 Å². The Bertz CT molecular complexity index is 803. The summed E-state index contributed by atoms with van der Waals surface area (Å²) >= 11 is 0. The number of benzene rings is 2. The van der Waals surface area contributed by atoms with Gasteiger partial charge < -0.3 is 14.8 Å². The fourth-order valence-corrected chi connectivity index (χ4v) is 2.17. The van der Waals surface area contributed by atoms with Crippen molar-refractivity contribution >= 4 is 5.91 Å². The van der Waals surface area contributed by atoms with Crippen molar-refractivity contribution in [3.63, 3.8) is 0 Å². The molecule has 1 amide bonds. The number of ether oxygens (including phenoxy) is 2. The minimum Gasteiger partial charge on any atom is -0.493 e. The van der Waals surface area contributed by atoms with Crippen LogP contribution in [-0.4, -0.2) is 20.1 Å². The monoisotopic (exact) mass is 332 g/mol. The van der Waals surface area contributed by atoms with E-state index in [1.807, 2.05) is 6.07 Å². The van der Waals surface area contributed by atoms with Crippen LogP contribution < -0.4 is 14.8 Å². The molecule has 1 unspecified atom stereocenters. The maximum absolute atomic E-state index is 13.2. The fourth-order valence-electron chi connectivity index (χ4n) is 2.17. The number of methoxy groups -OCH3 is 2. The maximum atomic E-state index is 13.2. The molecule has 7 heteroatoms. The van der Waals surface area contributed by atoms with E-state index in [0.29, 0.717) is 17.1 Å². The Hall–Kier alpha value is -3.14. The molecular formula is C17H14F2N2O3. The van der Waals surface area contributed by atoms with Gasteiger partial charge in [0.15, 0.2) is 23.1 Å². The number of hydrogen-bond acceptors (Lipinski definition) is 4. The first-order valence-electron chi connectivity index (χ1n) is 6.88. The number of nitriles is 1. The van der Waals surface area contributed by atoms with E-state index < -0.39 is 23.6 Å². The zero-order chi connectivity index (χ0) is 17.7. The highest BCUT2D eigenvalue weighted by Gasteiger charge is 2.21. The number of nitrogens with one attached hydrogen (secondary N) is 1. The van der Waals surface area contributed by atoms with Crippen LogP contribution >= 0.6 is 0 Å². The zero-order valence-electron chi connectivity index (χ0n) is 13.0. The molecule has 0 heterocycles. The lowest BCUT2D eigenvalue weighted by molar-refractivity contribution is 0.0944. The van der Waals surface area contributed by atoms with Crippen LogP contribution in [0.2, 0.25) is 0 Å². The smallest absolute Gasteiger partial charge is 0.252 e. The molecule has 0 saturated heterocycles. The lowest BCUT2D eigenvalue weighted by Gasteiger charge is -2.17. The molecule has 2 aromatic carbocycles. The van der Waals surface area contributed by atoms with Crippen molar-refractivity contribution in [1.29, 1.82) is 5.26 Å². The minimum atomic E-state index is -1.14. The van der Waals surface area contributed by atoms with Gasteiger partial charge in [-0.1, -0.05) is 12.1 Å². The molecule has 24 heavy (non-hydrogen) atoms. The summed E-state index contributed by atoms with van der Waals surface area (Å²) in [7, 11) is 2.86. The molecule has 5 nitrogen and oxygen atoms in total. The van der Waals surface area contributed by atoms with Crippen LogP contribution in [-0.2, 0) is 0 Å². The normalized spacial score (nSPS) is 11.3. The lowest BCUT2D eigenvalue weighted by Crippen LogP contribution is -2.28. The molecule has 0 bridgehead atoms. The van der Waals surface area contributed by atoms with Gasteiger partial charge in [-0.15, -0.1) is 0 Å². The summed E-state index contributed by atoms with van der Waals surface area (Å²) in [5.41, 5.74) is 0.284. The Morgan fingerprint density at radius 3 is 2.50 bits per heavy atom. The lowest BCUT2D eigenvalue weighted by atomic mass is 10.1. The molecule has 0 aliphatic heterocycles. The average molecular weight is 332 g/mol. The number of para-hydroxylation sites is 1. The third-order valence-corrected chi connectivity index (χ3v) is 3.33. The minimum absolute atomic E-state index is 0.101. The first-order valence-corrected chi connectivity index (χ1v) is 6.88. The van der Waals surface area contributed by atoms with Crippen LogP contribution in [0, 0.1) is 23.0 Å².